The van der Waals surface area contributed by atoms with Gasteiger partial charge in [-0.05, 0) is 52.6 Å². The number of rotatable bonds is 3. The number of aromatic nitrogens is 2. The smallest absolute Gasteiger partial charge is 0.231 e. The molecule has 20 heavy (non-hydrogen) atoms. The fraction of sp³-hybridized carbons (Fsp3) is 0.867. The molecule has 112 valence electrons. The van der Waals surface area contributed by atoms with E-state index in [0.29, 0.717) is 17.9 Å². The van der Waals surface area contributed by atoms with Crippen LogP contribution < -0.4 is 5.32 Å². The summed E-state index contributed by atoms with van der Waals surface area (Å²) >= 11 is 0. The Kier molecular flexibility index (Phi) is 4.36. The Hall–Kier alpha value is -0.940. The third-order valence-corrected chi connectivity index (χ3v) is 4.65. The maximum absolute atomic E-state index is 5.53. The Morgan fingerprint density at radius 1 is 1.25 bits per heavy atom. The molecule has 0 saturated carbocycles. The van der Waals surface area contributed by atoms with E-state index >= 15 is 0 Å². The topological polar surface area (TPSA) is 54.2 Å². The highest BCUT2D eigenvalue weighted by Crippen LogP contribution is 2.28. The quantitative estimate of drug-likeness (QED) is 0.918. The summed E-state index contributed by atoms with van der Waals surface area (Å²) in [4.78, 5) is 7.23. The Morgan fingerprint density at radius 2 is 2.10 bits per heavy atom. The first-order chi connectivity index (χ1) is 9.74. The largest absolute Gasteiger partial charge is 0.339 e. The van der Waals surface area contributed by atoms with Gasteiger partial charge < -0.3 is 14.7 Å². The van der Waals surface area contributed by atoms with Gasteiger partial charge in [-0.3, -0.25) is 0 Å². The third-order valence-electron chi connectivity index (χ3n) is 4.65. The molecule has 5 nitrogen and oxygen atoms in total. The van der Waals surface area contributed by atoms with Gasteiger partial charge in [-0.2, -0.15) is 4.98 Å². The van der Waals surface area contributed by atoms with Crippen molar-refractivity contribution in [3.05, 3.63) is 11.7 Å². The van der Waals surface area contributed by atoms with Gasteiger partial charge in [0.25, 0.3) is 0 Å². The van der Waals surface area contributed by atoms with E-state index in [1.54, 1.807) is 0 Å². The number of likely N-dealkylation sites (tertiary alicyclic amines) is 1. The highest BCUT2D eigenvalue weighted by atomic mass is 16.5. The van der Waals surface area contributed by atoms with Crippen LogP contribution in [0.25, 0.3) is 0 Å². The van der Waals surface area contributed by atoms with Crippen LogP contribution in [0.5, 0.6) is 0 Å². The second-order valence-electron chi connectivity index (χ2n) is 6.46. The van der Waals surface area contributed by atoms with E-state index in [9.17, 15) is 0 Å². The zero-order valence-corrected chi connectivity index (χ0v) is 12.6. The molecule has 0 aromatic carbocycles. The fourth-order valence-corrected chi connectivity index (χ4v) is 3.33. The van der Waals surface area contributed by atoms with Gasteiger partial charge in [-0.15, -0.1) is 0 Å². The predicted octanol–water partition coefficient (Wildman–Crippen LogP) is 2.12. The van der Waals surface area contributed by atoms with Crippen LogP contribution in [0.1, 0.15) is 63.1 Å². The highest BCUT2D eigenvalue weighted by molar-refractivity contribution is 5.03. The van der Waals surface area contributed by atoms with Gasteiger partial charge >= 0.3 is 0 Å². The zero-order valence-electron chi connectivity index (χ0n) is 12.6. The van der Waals surface area contributed by atoms with Crippen molar-refractivity contribution in [3.8, 4) is 0 Å². The summed E-state index contributed by atoms with van der Waals surface area (Å²) in [6.07, 6.45) is 4.78. The van der Waals surface area contributed by atoms with E-state index in [4.69, 9.17) is 9.51 Å². The van der Waals surface area contributed by atoms with Crippen LogP contribution in [0.15, 0.2) is 4.52 Å². The number of hydrogen-bond acceptors (Lipinski definition) is 5. The lowest BCUT2D eigenvalue weighted by Crippen LogP contribution is -2.39. The lowest BCUT2D eigenvalue weighted by Gasteiger charge is -2.34. The molecule has 1 N–H and O–H groups in total. The Morgan fingerprint density at radius 3 is 2.85 bits per heavy atom. The normalized spacial score (nSPS) is 28.9. The predicted molar refractivity (Wildman–Crippen MR) is 77.8 cm³/mol. The van der Waals surface area contributed by atoms with Crippen molar-refractivity contribution in [1.82, 2.24) is 20.4 Å². The molecular formula is C15H26N4O. The molecule has 0 bridgehead atoms. The van der Waals surface area contributed by atoms with Gasteiger partial charge in [-0.25, -0.2) is 0 Å². The molecule has 2 aliphatic rings. The molecule has 5 heteroatoms. The van der Waals surface area contributed by atoms with Crippen molar-refractivity contribution in [3.63, 3.8) is 0 Å². The van der Waals surface area contributed by atoms with Crippen LogP contribution in [-0.2, 0) is 0 Å². The Labute approximate surface area is 121 Å². The average molecular weight is 278 g/mol. The first-order valence-electron chi connectivity index (χ1n) is 8.02. The number of nitrogens with zero attached hydrogens (tertiary/aromatic N) is 3. The molecule has 2 atom stereocenters. The SMILES string of the molecule is CC(C)N1CCCC(c2noc(C3CCCNC3)n2)C1. The standard InChI is InChI=1S/C15H26N4O/c1-11(2)19-8-4-6-13(10-19)14-17-15(20-18-14)12-5-3-7-16-9-12/h11-13,16H,3-10H2,1-2H3. The first-order valence-corrected chi connectivity index (χ1v) is 8.02. The second-order valence-corrected chi connectivity index (χ2v) is 6.46. The maximum Gasteiger partial charge on any atom is 0.231 e. The number of piperidine rings is 2. The number of nitrogens with one attached hydrogen (secondary N) is 1. The summed E-state index contributed by atoms with van der Waals surface area (Å²) in [6, 6.07) is 0.603. The van der Waals surface area contributed by atoms with Gasteiger partial charge in [0.1, 0.15) is 0 Å². The van der Waals surface area contributed by atoms with Crippen LogP contribution in [0.2, 0.25) is 0 Å². The lowest BCUT2D eigenvalue weighted by molar-refractivity contribution is 0.163. The molecule has 2 fully saturated rings. The van der Waals surface area contributed by atoms with E-state index < -0.39 is 0 Å². The minimum Gasteiger partial charge on any atom is -0.339 e. The molecular weight excluding hydrogens is 252 g/mol. The molecule has 0 spiro atoms. The molecule has 2 unspecified atom stereocenters. The summed E-state index contributed by atoms with van der Waals surface area (Å²) in [5.41, 5.74) is 0. The van der Waals surface area contributed by atoms with Crippen LogP contribution in [-0.4, -0.2) is 47.3 Å². The molecule has 3 rings (SSSR count). The molecule has 2 saturated heterocycles. The molecule has 0 amide bonds. The van der Waals surface area contributed by atoms with E-state index in [-0.39, 0.29) is 0 Å². The van der Waals surface area contributed by atoms with E-state index in [1.165, 1.54) is 25.8 Å². The van der Waals surface area contributed by atoms with Crippen molar-refractivity contribution in [2.45, 2.75) is 57.4 Å². The molecule has 0 aliphatic carbocycles. The summed E-state index contributed by atoms with van der Waals surface area (Å²) in [6.45, 7) is 8.88. The minimum absolute atomic E-state index is 0.412. The average Bonchev–Trinajstić information content (AvgIpc) is 2.98. The Balaban J connectivity index is 1.66. The van der Waals surface area contributed by atoms with Crippen molar-refractivity contribution in [1.29, 1.82) is 0 Å². The van der Waals surface area contributed by atoms with Crippen LogP contribution in [0, 0.1) is 0 Å². The summed E-state index contributed by atoms with van der Waals surface area (Å²) in [5.74, 6) is 2.62. The van der Waals surface area contributed by atoms with E-state index in [0.717, 1.165) is 37.8 Å². The summed E-state index contributed by atoms with van der Waals surface area (Å²) < 4.78 is 5.53. The van der Waals surface area contributed by atoms with Gasteiger partial charge in [0.05, 0.1) is 5.92 Å². The second kappa shape index (κ2) is 6.22. The monoisotopic (exact) mass is 278 g/mol. The summed E-state index contributed by atoms with van der Waals surface area (Å²) in [7, 11) is 0. The van der Waals surface area contributed by atoms with E-state index in [2.05, 4.69) is 29.2 Å². The van der Waals surface area contributed by atoms with Gasteiger partial charge in [0.15, 0.2) is 5.82 Å². The molecule has 1 aromatic rings. The van der Waals surface area contributed by atoms with Crippen LogP contribution >= 0.6 is 0 Å². The van der Waals surface area contributed by atoms with Crippen molar-refractivity contribution >= 4 is 0 Å². The van der Waals surface area contributed by atoms with Crippen molar-refractivity contribution in [2.24, 2.45) is 0 Å². The fourth-order valence-electron chi connectivity index (χ4n) is 3.33. The van der Waals surface area contributed by atoms with Crippen LogP contribution in [0.3, 0.4) is 0 Å². The molecule has 0 radical (unpaired) electrons. The molecule has 1 aromatic heterocycles. The van der Waals surface area contributed by atoms with E-state index in [1.807, 2.05) is 0 Å². The molecule has 3 heterocycles. The van der Waals surface area contributed by atoms with Crippen molar-refractivity contribution in [2.75, 3.05) is 26.2 Å². The minimum atomic E-state index is 0.412. The summed E-state index contributed by atoms with van der Waals surface area (Å²) in [5, 5.41) is 7.68. The van der Waals surface area contributed by atoms with Gasteiger partial charge in [-0.1, -0.05) is 5.16 Å². The Bertz CT molecular complexity index is 425. The van der Waals surface area contributed by atoms with Crippen molar-refractivity contribution < 1.29 is 4.52 Å². The highest BCUT2D eigenvalue weighted by Gasteiger charge is 2.28. The molecule has 2 aliphatic heterocycles. The lowest BCUT2D eigenvalue weighted by atomic mass is 9.96. The third kappa shape index (κ3) is 3.04. The van der Waals surface area contributed by atoms with Gasteiger partial charge in [0, 0.05) is 25.0 Å². The number of hydrogen-bond donors (Lipinski definition) is 1. The van der Waals surface area contributed by atoms with Gasteiger partial charge in [0.2, 0.25) is 5.89 Å². The maximum atomic E-state index is 5.53. The zero-order chi connectivity index (χ0) is 13.9. The van der Waals surface area contributed by atoms with Crippen LogP contribution in [0.4, 0.5) is 0 Å². The first kappa shape index (κ1) is 14.0.